The first kappa shape index (κ1) is 19.9. The molecule has 4 nitrogen and oxygen atoms in total. The van der Waals surface area contributed by atoms with Crippen molar-refractivity contribution in [2.24, 2.45) is 0 Å². The van der Waals surface area contributed by atoms with Crippen molar-refractivity contribution in [2.45, 2.75) is 30.9 Å². The van der Waals surface area contributed by atoms with Crippen LogP contribution >= 0.6 is 0 Å². The lowest BCUT2D eigenvalue weighted by Gasteiger charge is -2.19. The number of carbonyl (C=O) groups excluding carboxylic acids is 1. The number of carbonyl (C=O) groups is 2. The molecule has 2 N–H and O–H groups in total. The molecule has 0 heterocycles. The second kappa shape index (κ2) is 7.26. The minimum atomic E-state index is -4.65. The monoisotopic (exact) mass is 395 g/mol. The molecule has 0 unspecified atom stereocenters. The van der Waals surface area contributed by atoms with Gasteiger partial charge in [-0.1, -0.05) is 12.1 Å². The van der Waals surface area contributed by atoms with Crippen LogP contribution in [0.15, 0.2) is 42.5 Å². The van der Waals surface area contributed by atoms with Crippen molar-refractivity contribution in [3.05, 3.63) is 70.5 Å². The Morgan fingerprint density at radius 2 is 1.82 bits per heavy atom. The van der Waals surface area contributed by atoms with Gasteiger partial charge in [-0.15, -0.1) is 0 Å². The molecule has 0 saturated heterocycles. The maximum atomic E-state index is 13.7. The highest BCUT2D eigenvalue weighted by Gasteiger charge is 2.45. The van der Waals surface area contributed by atoms with Gasteiger partial charge in [-0.3, -0.25) is 4.79 Å². The molecular formula is C20H17F4NO3. The minimum Gasteiger partial charge on any atom is -0.478 e. The number of hydrogen-bond acceptors (Lipinski definition) is 2. The molecule has 28 heavy (non-hydrogen) atoms. The average Bonchev–Trinajstić information content (AvgIpc) is 3.40. The zero-order valence-electron chi connectivity index (χ0n) is 14.6. The van der Waals surface area contributed by atoms with Gasteiger partial charge in [-0.05, 0) is 54.3 Å². The van der Waals surface area contributed by atoms with Crippen LogP contribution in [0.3, 0.4) is 0 Å². The van der Waals surface area contributed by atoms with E-state index in [1.54, 1.807) is 6.07 Å². The van der Waals surface area contributed by atoms with Gasteiger partial charge >= 0.3 is 12.1 Å². The molecule has 0 aromatic heterocycles. The molecule has 1 amide bonds. The predicted octanol–water partition coefficient (Wildman–Crippen LogP) is 3.93. The summed E-state index contributed by atoms with van der Waals surface area (Å²) in [4.78, 5) is 23.2. The van der Waals surface area contributed by atoms with E-state index in [1.165, 1.54) is 18.2 Å². The number of rotatable bonds is 6. The number of amides is 1. The van der Waals surface area contributed by atoms with E-state index < -0.39 is 28.9 Å². The predicted molar refractivity (Wildman–Crippen MR) is 92.4 cm³/mol. The number of benzene rings is 2. The fourth-order valence-corrected chi connectivity index (χ4v) is 3.11. The Hall–Kier alpha value is -2.90. The van der Waals surface area contributed by atoms with E-state index in [0.29, 0.717) is 24.5 Å². The van der Waals surface area contributed by atoms with Crippen LogP contribution < -0.4 is 5.32 Å². The summed E-state index contributed by atoms with van der Waals surface area (Å²) < 4.78 is 52.4. The molecule has 0 spiro atoms. The minimum absolute atomic E-state index is 0.0587. The van der Waals surface area contributed by atoms with E-state index in [2.05, 4.69) is 5.32 Å². The van der Waals surface area contributed by atoms with E-state index in [-0.39, 0.29) is 30.0 Å². The number of nitrogens with one attached hydrogen (secondary N) is 1. The summed E-state index contributed by atoms with van der Waals surface area (Å²) >= 11 is 0. The van der Waals surface area contributed by atoms with Crippen LogP contribution in [0.25, 0.3) is 0 Å². The first-order valence-corrected chi connectivity index (χ1v) is 8.56. The van der Waals surface area contributed by atoms with Crippen LogP contribution in [0, 0.1) is 5.82 Å². The Balaban J connectivity index is 1.68. The molecule has 1 fully saturated rings. The number of halogens is 4. The molecule has 2 aromatic rings. The molecule has 0 atom stereocenters. The highest BCUT2D eigenvalue weighted by molar-refractivity contribution is 5.88. The summed E-state index contributed by atoms with van der Waals surface area (Å²) in [6.45, 7) is 0.0885. The second-order valence-electron chi connectivity index (χ2n) is 6.97. The molecule has 148 valence electrons. The van der Waals surface area contributed by atoms with Gasteiger partial charge in [0.2, 0.25) is 5.91 Å². The van der Waals surface area contributed by atoms with Gasteiger partial charge in [-0.2, -0.15) is 13.2 Å². The zero-order chi connectivity index (χ0) is 20.5. The van der Waals surface area contributed by atoms with Crippen molar-refractivity contribution in [2.75, 3.05) is 6.54 Å². The molecule has 3 rings (SSSR count). The van der Waals surface area contributed by atoms with Crippen molar-refractivity contribution in [1.82, 2.24) is 5.32 Å². The van der Waals surface area contributed by atoms with Gasteiger partial charge in [-0.25, -0.2) is 9.18 Å². The Kier molecular flexibility index (Phi) is 5.14. The van der Waals surface area contributed by atoms with Crippen LogP contribution in [-0.4, -0.2) is 23.5 Å². The molecule has 0 radical (unpaired) electrons. The van der Waals surface area contributed by atoms with Crippen molar-refractivity contribution in [1.29, 1.82) is 0 Å². The first-order valence-electron chi connectivity index (χ1n) is 8.56. The molecule has 0 bridgehead atoms. The first-order chi connectivity index (χ1) is 13.1. The smallest absolute Gasteiger partial charge is 0.416 e. The number of hydrogen-bond donors (Lipinski definition) is 2. The van der Waals surface area contributed by atoms with Crippen molar-refractivity contribution in [3.8, 4) is 0 Å². The van der Waals surface area contributed by atoms with E-state index in [9.17, 15) is 27.2 Å². The van der Waals surface area contributed by atoms with Gasteiger partial charge in [0.05, 0.1) is 17.5 Å². The van der Waals surface area contributed by atoms with Crippen LogP contribution in [0.2, 0.25) is 0 Å². The van der Waals surface area contributed by atoms with Crippen molar-refractivity contribution < 1.29 is 32.3 Å². The summed E-state index contributed by atoms with van der Waals surface area (Å²) in [6, 6.07) is 8.39. The average molecular weight is 395 g/mol. The lowest BCUT2D eigenvalue weighted by Crippen LogP contribution is -2.33. The molecule has 0 aliphatic heterocycles. The summed E-state index contributed by atoms with van der Waals surface area (Å²) in [5.41, 5.74) is -0.977. The number of aromatic carboxylic acids is 1. The van der Waals surface area contributed by atoms with E-state index >= 15 is 0 Å². The Bertz CT molecular complexity index is 920. The molecule has 1 aliphatic carbocycles. The summed E-state index contributed by atoms with van der Waals surface area (Å²) in [7, 11) is 0. The van der Waals surface area contributed by atoms with Gasteiger partial charge in [0, 0.05) is 12.0 Å². The summed E-state index contributed by atoms with van der Waals surface area (Å²) in [6.07, 6.45) is -3.62. The maximum Gasteiger partial charge on any atom is 0.416 e. The molecule has 8 heteroatoms. The fraction of sp³-hybridized carbons (Fsp3) is 0.300. The number of carboxylic acid groups (broad SMARTS) is 1. The third-order valence-electron chi connectivity index (χ3n) is 4.85. The standard InChI is InChI=1S/C20H17F4NO3/c21-16-9-14(8-15(10-16)20(22,23)24)19(4-5-19)11-25-17(26)7-12-2-1-3-13(6-12)18(27)28/h1-3,6,8-10H,4-5,7,11H2,(H,25,26)(H,27,28). The molecule has 2 aromatic carbocycles. The highest BCUT2D eigenvalue weighted by Crippen LogP contribution is 2.48. The third-order valence-corrected chi connectivity index (χ3v) is 4.85. The van der Waals surface area contributed by atoms with Crippen LogP contribution in [0.5, 0.6) is 0 Å². The summed E-state index contributed by atoms with van der Waals surface area (Å²) in [5, 5.41) is 11.6. The number of alkyl halides is 3. The Morgan fingerprint density at radius 3 is 2.43 bits per heavy atom. The molecule has 1 aliphatic rings. The van der Waals surface area contributed by atoms with Gasteiger partial charge in [0.15, 0.2) is 0 Å². The third kappa shape index (κ3) is 4.49. The van der Waals surface area contributed by atoms with Crippen LogP contribution in [0.1, 0.15) is 39.9 Å². The highest BCUT2D eigenvalue weighted by atomic mass is 19.4. The van der Waals surface area contributed by atoms with E-state index in [1.807, 2.05) is 0 Å². The summed E-state index contributed by atoms with van der Waals surface area (Å²) in [5.74, 6) is -2.46. The van der Waals surface area contributed by atoms with E-state index in [0.717, 1.165) is 12.1 Å². The topological polar surface area (TPSA) is 66.4 Å². The quantitative estimate of drug-likeness (QED) is 0.729. The second-order valence-corrected chi connectivity index (χ2v) is 6.97. The maximum absolute atomic E-state index is 13.7. The van der Waals surface area contributed by atoms with E-state index in [4.69, 9.17) is 5.11 Å². The van der Waals surface area contributed by atoms with Crippen LogP contribution in [-0.2, 0) is 22.8 Å². The fourth-order valence-electron chi connectivity index (χ4n) is 3.11. The molecular weight excluding hydrogens is 378 g/mol. The van der Waals surface area contributed by atoms with Crippen molar-refractivity contribution in [3.63, 3.8) is 0 Å². The number of carboxylic acids is 1. The Labute approximate surface area is 158 Å². The molecule has 1 saturated carbocycles. The zero-order valence-corrected chi connectivity index (χ0v) is 14.6. The lowest BCUT2D eigenvalue weighted by molar-refractivity contribution is -0.137. The lowest BCUT2D eigenvalue weighted by atomic mass is 9.93. The SMILES string of the molecule is O=C(Cc1cccc(C(=O)O)c1)NCC1(c2cc(F)cc(C(F)(F)F)c2)CC1. The van der Waals surface area contributed by atoms with Gasteiger partial charge in [0.25, 0.3) is 0 Å². The Morgan fingerprint density at radius 1 is 1.11 bits per heavy atom. The van der Waals surface area contributed by atoms with Crippen molar-refractivity contribution >= 4 is 11.9 Å². The normalized spacial score (nSPS) is 15.1. The van der Waals surface area contributed by atoms with Gasteiger partial charge < -0.3 is 10.4 Å². The largest absolute Gasteiger partial charge is 0.478 e. The van der Waals surface area contributed by atoms with Gasteiger partial charge in [0.1, 0.15) is 5.82 Å². The van der Waals surface area contributed by atoms with Crippen LogP contribution in [0.4, 0.5) is 17.6 Å².